The second-order valence-corrected chi connectivity index (χ2v) is 5.47. The number of amides is 2. The molecule has 7 heteroatoms. The molecule has 0 aromatic heterocycles. The molecule has 2 aromatic carbocycles. The van der Waals surface area contributed by atoms with Crippen molar-refractivity contribution in [1.29, 1.82) is 0 Å². The highest BCUT2D eigenvalue weighted by molar-refractivity contribution is 5.95. The fraction of sp³-hybridized carbons (Fsp3) is 0.222. The lowest BCUT2D eigenvalue weighted by Gasteiger charge is -2.12. The summed E-state index contributed by atoms with van der Waals surface area (Å²) in [6.45, 7) is 0.463. The minimum atomic E-state index is -0.841. The first kappa shape index (κ1) is 18.4. The second kappa shape index (κ2) is 9.41. The molecule has 7 nitrogen and oxygen atoms in total. The third kappa shape index (κ3) is 6.25. The van der Waals surface area contributed by atoms with Gasteiger partial charge in [0.15, 0.2) is 0 Å². The van der Waals surface area contributed by atoms with E-state index in [-0.39, 0.29) is 12.8 Å². The zero-order valence-electron chi connectivity index (χ0n) is 13.6. The van der Waals surface area contributed by atoms with E-state index in [0.29, 0.717) is 18.0 Å². The zero-order valence-corrected chi connectivity index (χ0v) is 13.6. The van der Waals surface area contributed by atoms with Crippen molar-refractivity contribution in [3.8, 4) is 5.75 Å². The van der Waals surface area contributed by atoms with Crippen LogP contribution in [0.1, 0.15) is 18.4 Å². The fourth-order valence-corrected chi connectivity index (χ4v) is 2.08. The van der Waals surface area contributed by atoms with Gasteiger partial charge in [0, 0.05) is 12.1 Å². The summed E-state index contributed by atoms with van der Waals surface area (Å²) < 4.78 is 5.67. The monoisotopic (exact) mass is 343 g/mol. The normalized spacial score (nSPS) is 11.4. The van der Waals surface area contributed by atoms with Crippen molar-refractivity contribution in [1.82, 2.24) is 5.48 Å². The summed E-state index contributed by atoms with van der Waals surface area (Å²) in [5.41, 5.74) is 8.86. The van der Waals surface area contributed by atoms with E-state index in [0.717, 1.165) is 5.56 Å². The number of hydrogen-bond donors (Lipinski definition) is 4. The number of benzene rings is 2. The molecule has 0 heterocycles. The molecular formula is C18H21N3O4. The number of hydrogen-bond acceptors (Lipinski definition) is 5. The summed E-state index contributed by atoms with van der Waals surface area (Å²) in [6.07, 6.45) is 0.105. The SMILES string of the molecule is N[C@H](CCC(=O)NO)C(=O)Nc1ccc(OCc2ccccc2)cc1. The van der Waals surface area contributed by atoms with E-state index >= 15 is 0 Å². The van der Waals surface area contributed by atoms with Gasteiger partial charge < -0.3 is 15.8 Å². The lowest BCUT2D eigenvalue weighted by molar-refractivity contribution is -0.129. The lowest BCUT2D eigenvalue weighted by Crippen LogP contribution is -2.36. The predicted octanol–water partition coefficient (Wildman–Crippen LogP) is 1.82. The van der Waals surface area contributed by atoms with E-state index < -0.39 is 17.9 Å². The Morgan fingerprint density at radius 1 is 1.08 bits per heavy atom. The van der Waals surface area contributed by atoms with Gasteiger partial charge in [0.05, 0.1) is 6.04 Å². The largest absolute Gasteiger partial charge is 0.489 e. The highest BCUT2D eigenvalue weighted by Crippen LogP contribution is 2.17. The molecule has 2 rings (SSSR count). The van der Waals surface area contributed by atoms with Crippen molar-refractivity contribution < 1.29 is 19.5 Å². The highest BCUT2D eigenvalue weighted by Gasteiger charge is 2.15. The quantitative estimate of drug-likeness (QED) is 0.431. The summed E-state index contributed by atoms with van der Waals surface area (Å²) in [4.78, 5) is 22.9. The number of anilines is 1. The Morgan fingerprint density at radius 3 is 2.40 bits per heavy atom. The molecule has 1 atom stereocenters. The molecule has 0 bridgehead atoms. The van der Waals surface area contributed by atoms with Crippen LogP contribution in [0.5, 0.6) is 5.75 Å². The fourth-order valence-electron chi connectivity index (χ4n) is 2.08. The van der Waals surface area contributed by atoms with Crippen molar-refractivity contribution in [3.05, 3.63) is 60.2 Å². The Morgan fingerprint density at radius 2 is 1.76 bits per heavy atom. The minimum absolute atomic E-state index is 0.0304. The molecule has 0 aliphatic heterocycles. The molecule has 2 aromatic rings. The molecule has 0 spiro atoms. The van der Waals surface area contributed by atoms with Gasteiger partial charge in [-0.3, -0.25) is 14.8 Å². The Kier molecular flexibility index (Phi) is 6.94. The van der Waals surface area contributed by atoms with Crippen molar-refractivity contribution in [2.75, 3.05) is 5.32 Å². The average molecular weight is 343 g/mol. The van der Waals surface area contributed by atoms with Crippen LogP contribution in [0.15, 0.2) is 54.6 Å². The van der Waals surface area contributed by atoms with Gasteiger partial charge in [0.1, 0.15) is 12.4 Å². The number of rotatable bonds is 8. The molecule has 0 aliphatic carbocycles. The Balaban J connectivity index is 1.81. The van der Waals surface area contributed by atoms with Crippen molar-refractivity contribution in [2.24, 2.45) is 5.73 Å². The van der Waals surface area contributed by atoms with Gasteiger partial charge in [-0.25, -0.2) is 5.48 Å². The van der Waals surface area contributed by atoms with Crippen LogP contribution < -0.4 is 21.3 Å². The Bertz CT molecular complexity index is 689. The molecule has 25 heavy (non-hydrogen) atoms. The number of nitrogens with one attached hydrogen (secondary N) is 2. The summed E-state index contributed by atoms with van der Waals surface area (Å²) in [5, 5.41) is 11.1. The first-order valence-corrected chi connectivity index (χ1v) is 7.84. The van der Waals surface area contributed by atoms with Crippen LogP contribution in [0.25, 0.3) is 0 Å². The van der Waals surface area contributed by atoms with Crippen LogP contribution in [0.2, 0.25) is 0 Å². The molecule has 2 amide bonds. The van der Waals surface area contributed by atoms with E-state index in [1.165, 1.54) is 5.48 Å². The zero-order chi connectivity index (χ0) is 18.1. The van der Waals surface area contributed by atoms with Gasteiger partial charge in [-0.2, -0.15) is 0 Å². The maximum Gasteiger partial charge on any atom is 0.243 e. The number of carbonyl (C=O) groups is 2. The minimum Gasteiger partial charge on any atom is -0.489 e. The van der Waals surface area contributed by atoms with Crippen LogP contribution in [-0.2, 0) is 16.2 Å². The lowest BCUT2D eigenvalue weighted by atomic mass is 10.1. The van der Waals surface area contributed by atoms with Gasteiger partial charge >= 0.3 is 0 Å². The Labute approximate surface area is 145 Å². The van der Waals surface area contributed by atoms with Gasteiger partial charge in [0.25, 0.3) is 0 Å². The van der Waals surface area contributed by atoms with Crippen molar-refractivity contribution >= 4 is 17.5 Å². The maximum atomic E-state index is 11.9. The smallest absolute Gasteiger partial charge is 0.243 e. The van der Waals surface area contributed by atoms with E-state index in [9.17, 15) is 9.59 Å². The second-order valence-electron chi connectivity index (χ2n) is 5.47. The van der Waals surface area contributed by atoms with Crippen LogP contribution in [-0.4, -0.2) is 23.1 Å². The van der Waals surface area contributed by atoms with Crippen molar-refractivity contribution in [3.63, 3.8) is 0 Å². The van der Waals surface area contributed by atoms with Crippen LogP contribution in [0, 0.1) is 0 Å². The number of nitrogens with two attached hydrogens (primary N) is 1. The van der Waals surface area contributed by atoms with E-state index in [1.807, 2.05) is 30.3 Å². The topological polar surface area (TPSA) is 114 Å². The third-order valence-electron chi connectivity index (χ3n) is 3.51. The molecule has 0 radical (unpaired) electrons. The molecule has 0 unspecified atom stereocenters. The molecule has 5 N–H and O–H groups in total. The van der Waals surface area contributed by atoms with Gasteiger partial charge in [-0.15, -0.1) is 0 Å². The Hall–Kier alpha value is -2.90. The third-order valence-corrected chi connectivity index (χ3v) is 3.51. The molecule has 132 valence electrons. The van der Waals surface area contributed by atoms with Gasteiger partial charge in [0.2, 0.25) is 11.8 Å². The summed E-state index contributed by atoms with van der Waals surface area (Å²) in [7, 11) is 0. The highest BCUT2D eigenvalue weighted by atomic mass is 16.5. The average Bonchev–Trinajstić information content (AvgIpc) is 2.66. The molecule has 0 saturated heterocycles. The first-order valence-electron chi connectivity index (χ1n) is 7.84. The van der Waals surface area contributed by atoms with E-state index in [4.69, 9.17) is 15.7 Å². The summed E-state index contributed by atoms with van der Waals surface area (Å²) >= 11 is 0. The van der Waals surface area contributed by atoms with E-state index in [1.54, 1.807) is 24.3 Å². The van der Waals surface area contributed by atoms with Crippen molar-refractivity contribution in [2.45, 2.75) is 25.5 Å². The number of carbonyl (C=O) groups excluding carboxylic acids is 2. The number of ether oxygens (including phenoxy) is 1. The standard InChI is InChI=1S/C18H21N3O4/c19-16(10-11-17(22)21-24)18(23)20-14-6-8-15(9-7-14)25-12-13-4-2-1-3-5-13/h1-9,16,24H,10-12,19H2,(H,20,23)(H,21,22)/t16-/m1/s1. The predicted molar refractivity (Wildman–Crippen MR) is 93.0 cm³/mol. The van der Waals surface area contributed by atoms with E-state index in [2.05, 4.69) is 5.32 Å². The van der Waals surface area contributed by atoms with Gasteiger partial charge in [-0.1, -0.05) is 30.3 Å². The number of hydroxylamine groups is 1. The molecular weight excluding hydrogens is 322 g/mol. The summed E-state index contributed by atoms with van der Waals surface area (Å²) in [6, 6.07) is 15.9. The first-order chi connectivity index (χ1) is 12.1. The van der Waals surface area contributed by atoms with Crippen LogP contribution in [0.4, 0.5) is 5.69 Å². The van der Waals surface area contributed by atoms with Crippen LogP contribution >= 0.6 is 0 Å². The van der Waals surface area contributed by atoms with Crippen LogP contribution in [0.3, 0.4) is 0 Å². The van der Waals surface area contributed by atoms with Gasteiger partial charge in [-0.05, 0) is 36.2 Å². The summed E-state index contributed by atoms with van der Waals surface area (Å²) in [5.74, 6) is -0.294. The molecule has 0 aliphatic rings. The molecule has 0 fully saturated rings. The molecule has 0 saturated carbocycles. The maximum absolute atomic E-state index is 11.9.